The molecule has 0 spiro atoms. The molecule has 0 saturated heterocycles. The molecule has 0 amide bonds. The molecular formula is C9H16W. The molecule has 0 unspecified atom stereocenters. The van der Waals surface area contributed by atoms with Gasteiger partial charge in [-0.05, 0) is 0 Å². The Labute approximate surface area is 75.1 Å². The van der Waals surface area contributed by atoms with E-state index in [0.29, 0.717) is 5.92 Å². The minimum absolute atomic E-state index is 0.688. The van der Waals surface area contributed by atoms with Crippen molar-refractivity contribution < 1.29 is 19.4 Å². The minimum atomic E-state index is 0.688. The number of hydrogen-bond acceptors (Lipinski definition) is 0. The zero-order valence-corrected chi connectivity index (χ0v) is 10.2. The first-order valence-electron chi connectivity index (χ1n) is 3.76. The number of hydrogen-bond donors (Lipinski definition) is 0. The second kappa shape index (κ2) is 5.02. The average Bonchev–Trinajstić information content (AvgIpc) is 1.82. The molecule has 0 radical (unpaired) electrons. The van der Waals surface area contributed by atoms with Gasteiger partial charge in [0.1, 0.15) is 0 Å². The summed E-state index contributed by atoms with van der Waals surface area (Å²) in [4.78, 5) is 0. The Bertz CT molecular complexity index is 132. The molecule has 0 N–H and O–H groups in total. The van der Waals surface area contributed by atoms with Gasteiger partial charge in [0.2, 0.25) is 0 Å². The third-order valence-corrected chi connectivity index (χ3v) is 3.40. The third-order valence-electron chi connectivity index (χ3n) is 1.21. The van der Waals surface area contributed by atoms with Crippen molar-refractivity contribution in [3.8, 4) is 0 Å². The molecule has 0 aliphatic carbocycles. The Hall–Kier alpha value is 0.298. The molecule has 0 aliphatic rings. The van der Waals surface area contributed by atoms with Gasteiger partial charge in [-0.25, -0.2) is 0 Å². The van der Waals surface area contributed by atoms with Crippen LogP contribution in [-0.4, -0.2) is 3.90 Å². The summed E-state index contributed by atoms with van der Waals surface area (Å²) in [7, 11) is 0. The average molecular weight is 308 g/mol. The third kappa shape index (κ3) is 5.11. The molecule has 0 aromatic carbocycles. The monoisotopic (exact) mass is 308 g/mol. The Morgan fingerprint density at radius 3 is 2.00 bits per heavy atom. The van der Waals surface area contributed by atoms with Crippen LogP contribution in [0.4, 0.5) is 0 Å². The van der Waals surface area contributed by atoms with Crippen LogP contribution in [-0.2, 0) is 19.4 Å². The maximum atomic E-state index is 2.27. The summed E-state index contributed by atoms with van der Waals surface area (Å²) in [6.45, 7) is 8.90. The topological polar surface area (TPSA) is 0 Å². The first-order valence-corrected chi connectivity index (χ1v) is 5.22. The molecule has 0 saturated carbocycles. The molecule has 0 rings (SSSR count). The molecule has 58 valence electrons. The van der Waals surface area contributed by atoms with E-state index in [0.717, 1.165) is 5.92 Å². The van der Waals surface area contributed by atoms with Crippen LogP contribution in [0.1, 0.15) is 27.7 Å². The van der Waals surface area contributed by atoms with E-state index in [4.69, 9.17) is 0 Å². The quantitative estimate of drug-likeness (QED) is 0.752. The van der Waals surface area contributed by atoms with Crippen LogP contribution < -0.4 is 0 Å². The van der Waals surface area contributed by atoms with Gasteiger partial charge in [0, 0.05) is 0 Å². The standard InChI is InChI=1S/C9H16.W/c1-8(2)6-5-7-9(3)4;/h5-6,8-9H,1-4H3;. The first kappa shape index (κ1) is 10.3. The predicted molar refractivity (Wildman–Crippen MR) is 43.8 cm³/mol. The fraction of sp³-hybridized carbons (Fsp3) is 0.667. The summed E-state index contributed by atoms with van der Waals surface area (Å²) in [5, 5.41) is 0. The Morgan fingerprint density at radius 2 is 1.70 bits per heavy atom. The van der Waals surface area contributed by atoms with Crippen molar-refractivity contribution in [2.45, 2.75) is 27.7 Å². The van der Waals surface area contributed by atoms with E-state index < -0.39 is 0 Å². The van der Waals surface area contributed by atoms with Crippen LogP contribution in [0.3, 0.4) is 0 Å². The molecular weight excluding hydrogens is 292 g/mol. The SMILES string of the molecule is CC(C)C=C[C](=[W])C(C)C. The van der Waals surface area contributed by atoms with Crippen molar-refractivity contribution in [2.24, 2.45) is 11.8 Å². The normalized spacial score (nSPS) is 11.8. The summed E-state index contributed by atoms with van der Waals surface area (Å²) >= 11 is 1.60. The van der Waals surface area contributed by atoms with Crippen LogP contribution in [0.25, 0.3) is 0 Å². The second-order valence-electron chi connectivity index (χ2n) is 3.16. The molecule has 0 aromatic rings. The van der Waals surface area contributed by atoms with Crippen LogP contribution >= 0.6 is 0 Å². The van der Waals surface area contributed by atoms with Gasteiger partial charge in [-0.3, -0.25) is 0 Å². The Morgan fingerprint density at radius 1 is 1.20 bits per heavy atom. The van der Waals surface area contributed by atoms with Gasteiger partial charge in [0.25, 0.3) is 0 Å². The van der Waals surface area contributed by atoms with Crippen molar-refractivity contribution in [2.75, 3.05) is 0 Å². The fourth-order valence-electron chi connectivity index (χ4n) is 0.480. The summed E-state index contributed by atoms with van der Waals surface area (Å²) in [5.74, 6) is 1.41. The molecule has 1 heteroatoms. The molecule has 0 nitrogen and oxygen atoms in total. The van der Waals surface area contributed by atoms with Crippen LogP contribution in [0, 0.1) is 11.8 Å². The van der Waals surface area contributed by atoms with E-state index in [1.165, 1.54) is 0 Å². The van der Waals surface area contributed by atoms with Gasteiger partial charge in [0.15, 0.2) is 0 Å². The summed E-state index contributed by atoms with van der Waals surface area (Å²) in [6.07, 6.45) is 4.53. The van der Waals surface area contributed by atoms with Crippen LogP contribution in [0.2, 0.25) is 0 Å². The van der Waals surface area contributed by atoms with E-state index in [-0.39, 0.29) is 0 Å². The van der Waals surface area contributed by atoms with Crippen molar-refractivity contribution in [3.05, 3.63) is 12.2 Å². The van der Waals surface area contributed by atoms with E-state index in [2.05, 4.69) is 39.8 Å². The van der Waals surface area contributed by atoms with Gasteiger partial charge in [-0.2, -0.15) is 0 Å². The fourth-order valence-corrected chi connectivity index (χ4v) is 0.762. The van der Waals surface area contributed by atoms with Crippen LogP contribution in [0.15, 0.2) is 12.2 Å². The molecule has 10 heavy (non-hydrogen) atoms. The zero-order valence-electron chi connectivity index (χ0n) is 7.22. The number of allylic oxidation sites excluding steroid dienone is 2. The van der Waals surface area contributed by atoms with Crippen molar-refractivity contribution in [1.82, 2.24) is 0 Å². The molecule has 0 aliphatic heterocycles. The molecule has 0 bridgehead atoms. The Balaban J connectivity index is 3.79. The van der Waals surface area contributed by atoms with E-state index in [1.54, 1.807) is 23.3 Å². The van der Waals surface area contributed by atoms with Crippen molar-refractivity contribution >= 4 is 3.90 Å². The van der Waals surface area contributed by atoms with Gasteiger partial charge >= 0.3 is 74.9 Å². The number of rotatable bonds is 3. The van der Waals surface area contributed by atoms with Gasteiger partial charge in [-0.1, -0.05) is 0 Å². The van der Waals surface area contributed by atoms with Crippen molar-refractivity contribution in [1.29, 1.82) is 0 Å². The van der Waals surface area contributed by atoms with Crippen molar-refractivity contribution in [3.63, 3.8) is 0 Å². The van der Waals surface area contributed by atoms with Crippen LogP contribution in [0.5, 0.6) is 0 Å². The summed E-state index contributed by atoms with van der Waals surface area (Å²) < 4.78 is 1.55. The maximum absolute atomic E-state index is 2.27. The molecule has 0 aromatic heterocycles. The summed E-state index contributed by atoms with van der Waals surface area (Å²) in [5.41, 5.74) is 0. The molecule has 0 heterocycles. The van der Waals surface area contributed by atoms with Gasteiger partial charge in [0.05, 0.1) is 0 Å². The van der Waals surface area contributed by atoms with E-state index in [1.807, 2.05) is 0 Å². The Kier molecular flexibility index (Phi) is 5.17. The summed E-state index contributed by atoms with van der Waals surface area (Å²) in [6, 6.07) is 0. The zero-order chi connectivity index (χ0) is 8.15. The van der Waals surface area contributed by atoms with Gasteiger partial charge < -0.3 is 0 Å². The predicted octanol–water partition coefficient (Wildman–Crippen LogP) is 2.57. The first-order chi connectivity index (χ1) is 4.54. The van der Waals surface area contributed by atoms with Gasteiger partial charge in [-0.15, -0.1) is 0 Å². The molecule has 0 fully saturated rings. The van der Waals surface area contributed by atoms with E-state index >= 15 is 0 Å². The molecule has 0 atom stereocenters. The second-order valence-corrected chi connectivity index (χ2v) is 4.85. The van der Waals surface area contributed by atoms with E-state index in [9.17, 15) is 0 Å².